The third-order valence-corrected chi connectivity index (χ3v) is 5.38. The normalized spacial score (nSPS) is 13.9. The fourth-order valence-electron chi connectivity index (χ4n) is 3.65. The summed E-state index contributed by atoms with van der Waals surface area (Å²) in [6.07, 6.45) is 4.67. The van der Waals surface area contributed by atoms with Crippen LogP contribution in [0.15, 0.2) is 67.1 Å². The van der Waals surface area contributed by atoms with Gasteiger partial charge in [-0.3, -0.25) is 9.78 Å². The Balaban J connectivity index is 1.47. The number of fused-ring (bicyclic) bond motifs is 1. The van der Waals surface area contributed by atoms with Crippen molar-refractivity contribution in [1.29, 1.82) is 0 Å². The van der Waals surface area contributed by atoms with Crippen LogP contribution in [0.3, 0.4) is 0 Å². The lowest BCUT2D eigenvalue weighted by Crippen LogP contribution is -2.51. The molecule has 1 amide bonds. The second-order valence-corrected chi connectivity index (χ2v) is 7.60. The maximum absolute atomic E-state index is 13.4. The van der Waals surface area contributed by atoms with Crippen molar-refractivity contribution < 1.29 is 14.3 Å². The molecule has 7 nitrogen and oxygen atoms in total. The number of pyridine rings is 2. The van der Waals surface area contributed by atoms with Crippen molar-refractivity contribution in [2.24, 2.45) is 0 Å². The minimum atomic E-state index is -0.326. The summed E-state index contributed by atoms with van der Waals surface area (Å²) >= 11 is 0. The van der Waals surface area contributed by atoms with Crippen LogP contribution in [0, 0.1) is 5.82 Å². The first kappa shape index (κ1) is 19.2. The first-order valence-electron chi connectivity index (χ1n) is 9.95. The molecule has 156 valence electrons. The Bertz CT molecular complexity index is 1180. The topological polar surface area (TPSA) is 85.4 Å². The molecule has 3 aromatic heterocycles. The Morgan fingerprint density at radius 2 is 1.97 bits per heavy atom. The van der Waals surface area contributed by atoms with Gasteiger partial charge >= 0.3 is 0 Å². The molecule has 0 aliphatic carbocycles. The lowest BCUT2D eigenvalue weighted by atomic mass is 10.1. The van der Waals surface area contributed by atoms with Gasteiger partial charge in [-0.15, -0.1) is 0 Å². The molecule has 0 bridgehead atoms. The Hall–Kier alpha value is -3.78. The zero-order valence-electron chi connectivity index (χ0n) is 16.6. The molecule has 0 saturated carbocycles. The highest BCUT2D eigenvalue weighted by atomic mass is 19.1. The number of carbonyl (C=O) groups excluding carboxylic acids is 1. The van der Waals surface area contributed by atoms with E-state index in [1.165, 1.54) is 12.1 Å². The number of H-pyrrole nitrogens is 1. The summed E-state index contributed by atoms with van der Waals surface area (Å²) in [5.74, 6) is 0.196. The van der Waals surface area contributed by atoms with Crippen LogP contribution in [-0.4, -0.2) is 45.2 Å². The molecule has 0 spiro atoms. The van der Waals surface area contributed by atoms with E-state index in [-0.39, 0.29) is 24.4 Å². The van der Waals surface area contributed by atoms with Crippen LogP contribution in [0.25, 0.3) is 10.9 Å². The molecule has 5 rings (SSSR count). The van der Waals surface area contributed by atoms with E-state index in [0.29, 0.717) is 24.5 Å². The predicted octanol–water partition coefficient (Wildman–Crippen LogP) is 3.12. The SMILES string of the molecule is O=C(c1cc2ccncc2[nH]1)N(Cc1ccc(F)cc1)c1ccc(N2CC(O)C2)nc1. The molecule has 1 aliphatic heterocycles. The molecule has 1 saturated heterocycles. The van der Waals surface area contributed by atoms with Gasteiger partial charge in [0.25, 0.3) is 5.91 Å². The van der Waals surface area contributed by atoms with Gasteiger partial charge in [-0.05, 0) is 42.0 Å². The summed E-state index contributed by atoms with van der Waals surface area (Å²) in [6, 6.07) is 13.4. The monoisotopic (exact) mass is 417 g/mol. The zero-order chi connectivity index (χ0) is 21.4. The number of benzene rings is 1. The van der Waals surface area contributed by atoms with Crippen LogP contribution in [0.2, 0.25) is 0 Å². The van der Waals surface area contributed by atoms with Crippen LogP contribution in [0.4, 0.5) is 15.9 Å². The van der Waals surface area contributed by atoms with Gasteiger partial charge in [-0.2, -0.15) is 0 Å². The van der Waals surface area contributed by atoms with Crippen molar-refractivity contribution in [3.63, 3.8) is 0 Å². The quantitative estimate of drug-likeness (QED) is 0.521. The molecule has 1 aromatic carbocycles. The van der Waals surface area contributed by atoms with E-state index in [0.717, 1.165) is 22.3 Å². The first-order chi connectivity index (χ1) is 15.1. The number of hydrogen-bond acceptors (Lipinski definition) is 5. The van der Waals surface area contributed by atoms with Crippen LogP contribution in [-0.2, 0) is 6.54 Å². The highest BCUT2D eigenvalue weighted by molar-refractivity contribution is 6.07. The van der Waals surface area contributed by atoms with Crippen LogP contribution >= 0.6 is 0 Å². The molecule has 0 atom stereocenters. The number of aromatic nitrogens is 3. The van der Waals surface area contributed by atoms with Crippen molar-refractivity contribution in [1.82, 2.24) is 15.0 Å². The standard InChI is InChI=1S/C23H20FN5O2/c24-17-3-1-15(2-4-17)12-29(18-5-6-22(26-10-18)28-13-19(30)14-28)23(31)20-9-16-7-8-25-11-21(16)27-20/h1-11,19,27,30H,12-14H2. The summed E-state index contributed by atoms with van der Waals surface area (Å²) in [5.41, 5.74) is 2.62. The Labute approximate surface area is 177 Å². The number of rotatable bonds is 5. The third-order valence-electron chi connectivity index (χ3n) is 5.38. The average Bonchev–Trinajstić information content (AvgIpc) is 3.21. The van der Waals surface area contributed by atoms with Gasteiger partial charge < -0.3 is 19.9 Å². The van der Waals surface area contributed by atoms with Crippen molar-refractivity contribution in [3.05, 3.63) is 84.2 Å². The van der Waals surface area contributed by atoms with E-state index in [9.17, 15) is 14.3 Å². The first-order valence-corrected chi connectivity index (χ1v) is 9.95. The summed E-state index contributed by atoms with van der Waals surface area (Å²) in [7, 11) is 0. The molecule has 4 aromatic rings. The van der Waals surface area contributed by atoms with Gasteiger partial charge in [-0.25, -0.2) is 9.37 Å². The van der Waals surface area contributed by atoms with Crippen molar-refractivity contribution >= 4 is 28.3 Å². The number of aliphatic hydroxyl groups is 1. The Morgan fingerprint density at radius 1 is 1.16 bits per heavy atom. The molecule has 2 N–H and O–H groups in total. The minimum Gasteiger partial charge on any atom is -0.389 e. The number of β-amino-alcohol motifs (C(OH)–C–C–N with tert-alkyl or cyclic N) is 1. The molecule has 1 aliphatic rings. The predicted molar refractivity (Wildman–Crippen MR) is 115 cm³/mol. The average molecular weight is 417 g/mol. The van der Waals surface area contributed by atoms with E-state index in [2.05, 4.69) is 15.0 Å². The number of amides is 1. The number of halogens is 1. The molecule has 0 radical (unpaired) electrons. The zero-order valence-corrected chi connectivity index (χ0v) is 16.6. The largest absolute Gasteiger partial charge is 0.389 e. The Kier molecular flexibility index (Phi) is 4.83. The van der Waals surface area contributed by atoms with E-state index in [1.54, 1.807) is 41.7 Å². The molecule has 8 heteroatoms. The fourth-order valence-corrected chi connectivity index (χ4v) is 3.65. The molecule has 1 fully saturated rings. The summed E-state index contributed by atoms with van der Waals surface area (Å²) in [6.45, 7) is 1.36. The molecule has 31 heavy (non-hydrogen) atoms. The number of carbonyl (C=O) groups is 1. The number of nitrogens with zero attached hydrogens (tertiary/aromatic N) is 4. The number of aliphatic hydroxyl groups excluding tert-OH is 1. The van der Waals surface area contributed by atoms with E-state index < -0.39 is 0 Å². The van der Waals surface area contributed by atoms with Gasteiger partial charge in [-0.1, -0.05) is 12.1 Å². The van der Waals surface area contributed by atoms with Crippen LogP contribution in [0.5, 0.6) is 0 Å². The van der Waals surface area contributed by atoms with Crippen molar-refractivity contribution in [2.45, 2.75) is 12.6 Å². The summed E-state index contributed by atoms with van der Waals surface area (Å²) < 4.78 is 13.4. The smallest absolute Gasteiger partial charge is 0.275 e. The molecule has 0 unspecified atom stereocenters. The van der Waals surface area contributed by atoms with Gasteiger partial charge in [0.15, 0.2) is 0 Å². The number of nitrogens with one attached hydrogen (secondary N) is 1. The molecular weight excluding hydrogens is 397 g/mol. The fraction of sp³-hybridized carbons (Fsp3) is 0.174. The highest BCUT2D eigenvalue weighted by Crippen LogP contribution is 2.25. The second-order valence-electron chi connectivity index (χ2n) is 7.60. The maximum atomic E-state index is 13.4. The van der Waals surface area contributed by atoms with Crippen LogP contribution < -0.4 is 9.80 Å². The number of anilines is 2. The van der Waals surface area contributed by atoms with E-state index >= 15 is 0 Å². The highest BCUT2D eigenvalue weighted by Gasteiger charge is 2.26. The summed E-state index contributed by atoms with van der Waals surface area (Å²) in [4.78, 5) is 28.7. The summed E-state index contributed by atoms with van der Waals surface area (Å²) in [5, 5.41) is 10.4. The number of aromatic amines is 1. The van der Waals surface area contributed by atoms with Gasteiger partial charge in [0.2, 0.25) is 0 Å². The lowest BCUT2D eigenvalue weighted by molar-refractivity contribution is 0.0981. The third kappa shape index (κ3) is 3.85. The molecular formula is C23H20FN5O2. The maximum Gasteiger partial charge on any atom is 0.275 e. The molecule has 4 heterocycles. The lowest BCUT2D eigenvalue weighted by Gasteiger charge is -2.37. The minimum absolute atomic E-state index is 0.227. The van der Waals surface area contributed by atoms with E-state index in [4.69, 9.17) is 0 Å². The van der Waals surface area contributed by atoms with Crippen molar-refractivity contribution in [3.8, 4) is 0 Å². The van der Waals surface area contributed by atoms with Crippen molar-refractivity contribution in [2.75, 3.05) is 22.9 Å². The van der Waals surface area contributed by atoms with E-state index in [1.807, 2.05) is 23.1 Å². The number of hydrogen-bond donors (Lipinski definition) is 2. The van der Waals surface area contributed by atoms with Crippen LogP contribution in [0.1, 0.15) is 16.1 Å². The van der Waals surface area contributed by atoms with Gasteiger partial charge in [0.1, 0.15) is 17.3 Å². The second kappa shape index (κ2) is 7.81. The Morgan fingerprint density at radius 3 is 2.65 bits per heavy atom. The van der Waals surface area contributed by atoms with Gasteiger partial charge in [0.05, 0.1) is 36.2 Å². The van der Waals surface area contributed by atoms with Gasteiger partial charge in [0, 0.05) is 24.7 Å².